The smallest absolute Gasteiger partial charge is 0.156 e. The number of hydrogen-bond donors (Lipinski definition) is 0. The van der Waals surface area contributed by atoms with Gasteiger partial charge in [-0.2, -0.15) is 0 Å². The lowest BCUT2D eigenvalue weighted by molar-refractivity contribution is 0.184. The van der Waals surface area contributed by atoms with Crippen molar-refractivity contribution < 1.29 is 9.47 Å². The Balaban J connectivity index is 1.56. The number of ether oxygens (including phenoxy) is 2. The normalized spacial score (nSPS) is 12.1. The van der Waals surface area contributed by atoms with E-state index in [2.05, 4.69) is 67.8 Å². The Morgan fingerprint density at radius 2 is 1.71 bits per heavy atom. The third-order valence-corrected chi connectivity index (χ3v) is 5.53. The highest BCUT2D eigenvalue weighted by Crippen LogP contribution is 2.28. The van der Waals surface area contributed by atoms with Gasteiger partial charge in [-0.05, 0) is 67.3 Å². The molecular formula is C27H30N2O2. The van der Waals surface area contributed by atoms with Crippen molar-refractivity contribution in [2.24, 2.45) is 0 Å². The zero-order chi connectivity index (χ0) is 21.6. The van der Waals surface area contributed by atoms with E-state index in [1.807, 2.05) is 30.3 Å². The number of rotatable bonds is 9. The predicted molar refractivity (Wildman–Crippen MR) is 126 cm³/mol. The standard InChI is InChI=1S/C27H30N2O2/c1-4-21-13-15-22(16-14-21)30-18-17-29-25-12-7-6-11-24(25)28-27(29)26(5-2)31-23-10-8-9-20(3)19-23/h6-16,19,26H,4-5,17-18H2,1-3H3. The van der Waals surface area contributed by atoms with Gasteiger partial charge >= 0.3 is 0 Å². The third-order valence-electron chi connectivity index (χ3n) is 5.53. The fourth-order valence-corrected chi connectivity index (χ4v) is 3.82. The molecule has 4 heteroatoms. The van der Waals surface area contributed by atoms with Crippen LogP contribution in [0.5, 0.6) is 11.5 Å². The molecule has 1 heterocycles. The largest absolute Gasteiger partial charge is 0.492 e. The fraction of sp³-hybridized carbons (Fsp3) is 0.296. The highest BCUT2D eigenvalue weighted by Gasteiger charge is 2.20. The molecule has 3 aromatic carbocycles. The number of hydrogen-bond acceptors (Lipinski definition) is 3. The molecule has 4 nitrogen and oxygen atoms in total. The van der Waals surface area contributed by atoms with Crippen molar-refractivity contribution in [3.63, 3.8) is 0 Å². The summed E-state index contributed by atoms with van der Waals surface area (Å²) in [4.78, 5) is 4.93. The van der Waals surface area contributed by atoms with Crippen LogP contribution in [0.25, 0.3) is 11.0 Å². The van der Waals surface area contributed by atoms with E-state index in [4.69, 9.17) is 14.5 Å². The summed E-state index contributed by atoms with van der Waals surface area (Å²) in [5, 5.41) is 0. The van der Waals surface area contributed by atoms with Crippen LogP contribution in [0.4, 0.5) is 0 Å². The van der Waals surface area contributed by atoms with Crippen LogP contribution in [0.3, 0.4) is 0 Å². The summed E-state index contributed by atoms with van der Waals surface area (Å²) in [7, 11) is 0. The second kappa shape index (κ2) is 9.69. The maximum Gasteiger partial charge on any atom is 0.156 e. The van der Waals surface area contributed by atoms with Gasteiger partial charge in [0.25, 0.3) is 0 Å². The van der Waals surface area contributed by atoms with Crippen molar-refractivity contribution in [1.82, 2.24) is 9.55 Å². The first kappa shape index (κ1) is 21.0. The molecule has 0 bridgehead atoms. The topological polar surface area (TPSA) is 36.3 Å². The molecule has 0 radical (unpaired) electrons. The molecule has 0 fully saturated rings. The predicted octanol–water partition coefficient (Wildman–Crippen LogP) is 6.52. The molecule has 0 amide bonds. The first-order valence-corrected chi connectivity index (χ1v) is 11.1. The molecule has 1 atom stereocenters. The molecule has 160 valence electrons. The van der Waals surface area contributed by atoms with E-state index in [0.717, 1.165) is 41.2 Å². The summed E-state index contributed by atoms with van der Waals surface area (Å²) in [5.41, 5.74) is 4.59. The Morgan fingerprint density at radius 3 is 2.45 bits per heavy atom. The van der Waals surface area contributed by atoms with Crippen LogP contribution in [0.2, 0.25) is 0 Å². The fourth-order valence-electron chi connectivity index (χ4n) is 3.82. The number of benzene rings is 3. The molecule has 4 aromatic rings. The third kappa shape index (κ3) is 4.91. The van der Waals surface area contributed by atoms with Crippen LogP contribution >= 0.6 is 0 Å². The molecule has 0 N–H and O–H groups in total. The van der Waals surface area contributed by atoms with Gasteiger partial charge in [0.1, 0.15) is 18.1 Å². The molecule has 31 heavy (non-hydrogen) atoms. The molecule has 0 saturated heterocycles. The van der Waals surface area contributed by atoms with Crippen LogP contribution in [0.15, 0.2) is 72.8 Å². The zero-order valence-corrected chi connectivity index (χ0v) is 18.5. The maximum absolute atomic E-state index is 6.37. The minimum atomic E-state index is -0.127. The Kier molecular flexibility index (Phi) is 6.56. The zero-order valence-electron chi connectivity index (χ0n) is 18.5. The lowest BCUT2D eigenvalue weighted by Gasteiger charge is -2.19. The number of aryl methyl sites for hydroxylation is 2. The van der Waals surface area contributed by atoms with E-state index in [1.54, 1.807) is 0 Å². The number of imidazole rings is 1. The highest BCUT2D eigenvalue weighted by atomic mass is 16.5. The molecule has 0 aliphatic heterocycles. The average molecular weight is 415 g/mol. The Bertz CT molecular complexity index is 1130. The molecule has 0 saturated carbocycles. The van der Waals surface area contributed by atoms with E-state index in [-0.39, 0.29) is 6.10 Å². The first-order chi connectivity index (χ1) is 15.2. The average Bonchev–Trinajstić information content (AvgIpc) is 3.16. The maximum atomic E-state index is 6.37. The van der Waals surface area contributed by atoms with E-state index in [1.165, 1.54) is 11.1 Å². The molecule has 0 aliphatic carbocycles. The lowest BCUT2D eigenvalue weighted by atomic mass is 10.2. The van der Waals surface area contributed by atoms with Gasteiger partial charge in [0.15, 0.2) is 11.9 Å². The number of para-hydroxylation sites is 2. The van der Waals surface area contributed by atoms with Crippen LogP contribution in [-0.2, 0) is 13.0 Å². The summed E-state index contributed by atoms with van der Waals surface area (Å²) in [6.45, 7) is 7.65. The van der Waals surface area contributed by atoms with Gasteiger partial charge in [0, 0.05) is 0 Å². The minimum Gasteiger partial charge on any atom is -0.492 e. The second-order valence-electron chi connectivity index (χ2n) is 7.79. The van der Waals surface area contributed by atoms with Crippen molar-refractivity contribution in [3.05, 3.63) is 89.7 Å². The van der Waals surface area contributed by atoms with Gasteiger partial charge in [-0.3, -0.25) is 0 Å². The molecular weight excluding hydrogens is 384 g/mol. The summed E-state index contributed by atoms with van der Waals surface area (Å²) in [6, 6.07) is 24.8. The van der Waals surface area contributed by atoms with E-state index >= 15 is 0 Å². The van der Waals surface area contributed by atoms with Crippen molar-refractivity contribution in [2.45, 2.75) is 46.3 Å². The van der Waals surface area contributed by atoms with Gasteiger partial charge < -0.3 is 14.0 Å². The Morgan fingerprint density at radius 1 is 0.903 bits per heavy atom. The second-order valence-corrected chi connectivity index (χ2v) is 7.79. The van der Waals surface area contributed by atoms with Gasteiger partial charge in [-0.15, -0.1) is 0 Å². The van der Waals surface area contributed by atoms with Crippen LogP contribution in [-0.4, -0.2) is 16.2 Å². The van der Waals surface area contributed by atoms with Crippen LogP contribution < -0.4 is 9.47 Å². The van der Waals surface area contributed by atoms with Gasteiger partial charge in [-0.25, -0.2) is 4.98 Å². The molecule has 1 aromatic heterocycles. The highest BCUT2D eigenvalue weighted by molar-refractivity contribution is 5.76. The lowest BCUT2D eigenvalue weighted by Crippen LogP contribution is -2.17. The minimum absolute atomic E-state index is 0.127. The van der Waals surface area contributed by atoms with E-state index in [9.17, 15) is 0 Å². The molecule has 1 unspecified atom stereocenters. The van der Waals surface area contributed by atoms with Crippen molar-refractivity contribution in [3.8, 4) is 11.5 Å². The first-order valence-electron chi connectivity index (χ1n) is 11.1. The van der Waals surface area contributed by atoms with Crippen molar-refractivity contribution >= 4 is 11.0 Å². The number of nitrogens with zero attached hydrogens (tertiary/aromatic N) is 2. The van der Waals surface area contributed by atoms with Gasteiger partial charge in [0.2, 0.25) is 0 Å². The SMILES string of the molecule is CCc1ccc(OCCn2c(C(CC)Oc3cccc(C)c3)nc3ccccc32)cc1. The molecule has 0 spiro atoms. The molecule has 4 rings (SSSR count). The number of aromatic nitrogens is 2. The summed E-state index contributed by atoms with van der Waals surface area (Å²) >= 11 is 0. The van der Waals surface area contributed by atoms with Crippen molar-refractivity contribution in [2.75, 3.05) is 6.61 Å². The van der Waals surface area contributed by atoms with Gasteiger partial charge in [-0.1, -0.05) is 50.2 Å². The Labute approximate surface area is 184 Å². The number of fused-ring (bicyclic) bond motifs is 1. The summed E-state index contributed by atoms with van der Waals surface area (Å²) < 4.78 is 14.6. The molecule has 0 aliphatic rings. The summed E-state index contributed by atoms with van der Waals surface area (Å²) in [6.07, 6.45) is 1.73. The van der Waals surface area contributed by atoms with Crippen molar-refractivity contribution in [1.29, 1.82) is 0 Å². The van der Waals surface area contributed by atoms with Gasteiger partial charge in [0.05, 0.1) is 17.6 Å². The van der Waals surface area contributed by atoms with E-state index < -0.39 is 0 Å². The summed E-state index contributed by atoms with van der Waals surface area (Å²) in [5.74, 6) is 2.71. The van der Waals surface area contributed by atoms with Crippen LogP contribution in [0.1, 0.15) is 43.3 Å². The van der Waals surface area contributed by atoms with E-state index in [0.29, 0.717) is 13.2 Å². The monoisotopic (exact) mass is 414 g/mol. The quantitative estimate of drug-likeness (QED) is 0.313. The Hall–Kier alpha value is -3.27. The van der Waals surface area contributed by atoms with Crippen LogP contribution in [0, 0.1) is 6.92 Å².